The topological polar surface area (TPSA) is 149 Å². The molecule has 0 saturated heterocycles. The van der Waals surface area contributed by atoms with Gasteiger partial charge >= 0.3 is 5.97 Å². The van der Waals surface area contributed by atoms with Gasteiger partial charge in [0.2, 0.25) is 0 Å². The summed E-state index contributed by atoms with van der Waals surface area (Å²) in [5.74, 6) is -0.957. The van der Waals surface area contributed by atoms with E-state index in [1.165, 1.54) is 48.5 Å². The van der Waals surface area contributed by atoms with Crippen LogP contribution >= 0.6 is 0 Å². The molecule has 0 aliphatic rings. The third-order valence-electron chi connectivity index (χ3n) is 7.31. The molecular weight excluding hydrogens is 594 g/mol. The minimum atomic E-state index is -4.21. The Balaban J connectivity index is 1.34. The van der Waals surface area contributed by atoms with Gasteiger partial charge in [-0.1, -0.05) is 48.5 Å². The summed E-state index contributed by atoms with van der Waals surface area (Å²) in [7, 11) is -2.87. The molecule has 0 fully saturated rings. The molecular formula is C34H37N3O7S. The average Bonchev–Trinajstić information content (AvgIpc) is 3.02. The van der Waals surface area contributed by atoms with Crippen molar-refractivity contribution in [3.63, 3.8) is 0 Å². The molecule has 4 aromatic rings. The van der Waals surface area contributed by atoms with Crippen LogP contribution in [-0.2, 0) is 21.2 Å². The van der Waals surface area contributed by atoms with Gasteiger partial charge in [-0.25, -0.2) is 13.2 Å². The number of nitrogens with one attached hydrogen (secondary N) is 1. The van der Waals surface area contributed by atoms with Crippen LogP contribution in [0.15, 0.2) is 89.8 Å². The normalized spacial score (nSPS) is 13.1. The van der Waals surface area contributed by atoms with E-state index in [1.54, 1.807) is 24.3 Å². The van der Waals surface area contributed by atoms with Crippen molar-refractivity contribution in [2.75, 3.05) is 24.5 Å². The zero-order chi connectivity index (χ0) is 32.8. The number of hydrogen-bond acceptors (Lipinski definition) is 8. The molecule has 0 saturated carbocycles. The number of nitriles is 1. The minimum absolute atomic E-state index is 0.0274. The largest absolute Gasteiger partial charge is 0.491 e. The fraction of sp³-hybridized carbons (Fsp3) is 0.294. The summed E-state index contributed by atoms with van der Waals surface area (Å²) in [5, 5.41) is 35.2. The lowest BCUT2D eigenvalue weighted by molar-refractivity contribution is -0.144. The monoisotopic (exact) mass is 631 g/mol. The summed E-state index contributed by atoms with van der Waals surface area (Å²) in [6.07, 6.45) is -1.29. The summed E-state index contributed by atoms with van der Waals surface area (Å²) < 4.78 is 38.9. The predicted molar refractivity (Wildman–Crippen MR) is 172 cm³/mol. The van der Waals surface area contributed by atoms with Gasteiger partial charge in [0, 0.05) is 19.1 Å². The van der Waals surface area contributed by atoms with Crippen LogP contribution in [0.2, 0.25) is 0 Å². The van der Waals surface area contributed by atoms with Gasteiger partial charge in [-0.15, -0.1) is 0 Å². The van der Waals surface area contributed by atoms with Gasteiger partial charge in [0.25, 0.3) is 10.0 Å². The van der Waals surface area contributed by atoms with Crippen molar-refractivity contribution in [3.05, 3.63) is 96.1 Å². The molecule has 1 unspecified atom stereocenters. The van der Waals surface area contributed by atoms with Crippen LogP contribution in [0.5, 0.6) is 11.5 Å². The third-order valence-corrected chi connectivity index (χ3v) is 9.14. The highest BCUT2D eigenvalue weighted by atomic mass is 32.2. The molecule has 4 aromatic carbocycles. The summed E-state index contributed by atoms with van der Waals surface area (Å²) in [6.45, 7) is 5.79. The van der Waals surface area contributed by atoms with Gasteiger partial charge in [-0.2, -0.15) is 5.26 Å². The molecule has 10 nitrogen and oxygen atoms in total. The number of β-amino-alcohol motifs (C(OH)–C–C–N with tert-alkyl or cyclic N) is 1. The molecule has 11 heteroatoms. The molecule has 0 amide bonds. The van der Waals surface area contributed by atoms with Crippen LogP contribution in [0.25, 0.3) is 10.8 Å². The summed E-state index contributed by atoms with van der Waals surface area (Å²) >= 11 is 0. The quantitative estimate of drug-likeness (QED) is 0.179. The van der Waals surface area contributed by atoms with Crippen molar-refractivity contribution in [2.45, 2.75) is 49.8 Å². The van der Waals surface area contributed by atoms with Crippen molar-refractivity contribution < 1.29 is 32.9 Å². The Hall–Kier alpha value is -4.63. The summed E-state index contributed by atoms with van der Waals surface area (Å²) in [5.41, 5.74) is 0.934. The van der Waals surface area contributed by atoms with Crippen molar-refractivity contribution in [1.82, 2.24) is 5.32 Å². The maximum absolute atomic E-state index is 13.4. The van der Waals surface area contributed by atoms with E-state index in [0.29, 0.717) is 18.0 Å². The van der Waals surface area contributed by atoms with Crippen molar-refractivity contribution >= 4 is 32.5 Å². The molecule has 0 radical (unpaired) electrons. The number of aliphatic carboxylic acids is 1. The van der Waals surface area contributed by atoms with Gasteiger partial charge in [0.15, 0.2) is 6.10 Å². The van der Waals surface area contributed by atoms with Crippen LogP contribution in [0.3, 0.4) is 0 Å². The number of aliphatic hydroxyl groups excluding tert-OH is 1. The lowest BCUT2D eigenvalue weighted by atomic mass is 9.93. The standard InChI is InChI=1S/C34H37N3O7S/c1-23(33(39)40)44-31-10-7-11-32(30(31)20-35)45(41,42)37(4)27-14-16-29(17-15-27)43-22-28(38)21-36-34(2,3)19-24-12-13-25-8-5-6-9-26(25)18-24/h5-18,23,28,36,38H,19,21-22H2,1-4H3,(H,39,40)/t23?,28-/m1/s1. The Morgan fingerprint density at radius 2 is 1.71 bits per heavy atom. The molecule has 3 N–H and O–H groups in total. The minimum Gasteiger partial charge on any atom is -0.491 e. The number of carboxylic acid groups (broad SMARTS) is 1. The van der Waals surface area contributed by atoms with Gasteiger partial charge in [0.05, 0.1) is 5.69 Å². The Morgan fingerprint density at radius 3 is 2.38 bits per heavy atom. The van der Waals surface area contributed by atoms with E-state index in [4.69, 9.17) is 14.6 Å². The van der Waals surface area contributed by atoms with E-state index < -0.39 is 28.2 Å². The first-order valence-corrected chi connectivity index (χ1v) is 15.8. The highest BCUT2D eigenvalue weighted by Crippen LogP contribution is 2.31. The lowest BCUT2D eigenvalue weighted by Gasteiger charge is -2.28. The molecule has 0 aliphatic carbocycles. The van der Waals surface area contributed by atoms with E-state index >= 15 is 0 Å². The number of carboxylic acids is 1. The molecule has 4 rings (SSSR count). The Kier molecular flexibility index (Phi) is 10.3. The highest BCUT2D eigenvalue weighted by Gasteiger charge is 2.28. The van der Waals surface area contributed by atoms with Crippen molar-refractivity contribution in [1.29, 1.82) is 5.26 Å². The predicted octanol–water partition coefficient (Wildman–Crippen LogP) is 4.74. The fourth-order valence-corrected chi connectivity index (χ4v) is 6.13. The Labute approximate surface area is 263 Å². The number of carbonyl (C=O) groups is 1. The zero-order valence-corrected chi connectivity index (χ0v) is 26.4. The van der Waals surface area contributed by atoms with Gasteiger partial charge in [-0.3, -0.25) is 4.31 Å². The summed E-state index contributed by atoms with van der Waals surface area (Å²) in [6, 6.07) is 26.7. The lowest BCUT2D eigenvalue weighted by Crippen LogP contribution is -2.46. The van der Waals surface area contributed by atoms with E-state index in [9.17, 15) is 23.6 Å². The second-order valence-corrected chi connectivity index (χ2v) is 13.3. The van der Waals surface area contributed by atoms with E-state index in [2.05, 4.69) is 49.5 Å². The number of anilines is 1. The van der Waals surface area contributed by atoms with Gasteiger partial charge < -0.3 is 25.0 Å². The maximum atomic E-state index is 13.4. The SMILES string of the molecule is CC(Oc1cccc(S(=O)(=O)N(C)c2ccc(OC[C@H](O)CNC(C)(C)Cc3ccc4ccccc4c3)cc2)c1C#N)C(=O)O. The third kappa shape index (κ3) is 8.30. The number of fused-ring (bicyclic) bond motifs is 1. The molecule has 0 aromatic heterocycles. The number of nitrogens with zero attached hydrogens (tertiary/aromatic N) is 2. The molecule has 0 heterocycles. The van der Waals surface area contributed by atoms with Gasteiger partial charge in [-0.05, 0) is 79.9 Å². The van der Waals surface area contributed by atoms with Crippen LogP contribution < -0.4 is 19.1 Å². The molecule has 0 aliphatic heterocycles. The molecule has 45 heavy (non-hydrogen) atoms. The van der Waals surface area contributed by atoms with Crippen LogP contribution in [-0.4, -0.2) is 62.5 Å². The number of sulfonamides is 1. The number of hydrogen-bond donors (Lipinski definition) is 3. The summed E-state index contributed by atoms with van der Waals surface area (Å²) in [4.78, 5) is 10.9. The molecule has 236 valence electrons. The van der Waals surface area contributed by atoms with Crippen LogP contribution in [0.4, 0.5) is 5.69 Å². The van der Waals surface area contributed by atoms with Crippen molar-refractivity contribution in [2.24, 2.45) is 0 Å². The molecule has 0 spiro atoms. The second-order valence-electron chi connectivity index (χ2n) is 11.4. The Bertz CT molecular complexity index is 1800. The number of rotatable bonds is 14. The van der Waals surface area contributed by atoms with Crippen LogP contribution in [0, 0.1) is 11.3 Å². The zero-order valence-electron chi connectivity index (χ0n) is 25.6. The molecule has 0 bridgehead atoms. The van der Waals surface area contributed by atoms with E-state index in [-0.39, 0.29) is 28.4 Å². The second kappa shape index (κ2) is 14.0. The smallest absolute Gasteiger partial charge is 0.344 e. The van der Waals surface area contributed by atoms with E-state index in [1.807, 2.05) is 18.2 Å². The Morgan fingerprint density at radius 1 is 1.02 bits per heavy atom. The van der Waals surface area contributed by atoms with E-state index in [0.717, 1.165) is 10.7 Å². The number of aliphatic hydroxyl groups is 1. The first kappa shape index (κ1) is 33.3. The fourth-order valence-electron chi connectivity index (χ4n) is 4.78. The number of ether oxygens (including phenoxy) is 2. The highest BCUT2D eigenvalue weighted by molar-refractivity contribution is 7.92. The van der Waals surface area contributed by atoms with Gasteiger partial charge in [0.1, 0.15) is 40.7 Å². The van der Waals surface area contributed by atoms with Crippen molar-refractivity contribution in [3.8, 4) is 17.6 Å². The first-order valence-electron chi connectivity index (χ1n) is 14.4. The number of benzene rings is 4. The average molecular weight is 632 g/mol. The first-order chi connectivity index (χ1) is 21.3. The molecule has 2 atom stereocenters. The maximum Gasteiger partial charge on any atom is 0.344 e. The van der Waals surface area contributed by atoms with Crippen LogP contribution in [0.1, 0.15) is 31.9 Å².